The third-order valence-corrected chi connectivity index (χ3v) is 1.81. The van der Waals surface area contributed by atoms with Gasteiger partial charge in [0.15, 0.2) is 0 Å². The van der Waals surface area contributed by atoms with E-state index in [9.17, 15) is 0 Å². The molecule has 0 spiro atoms. The van der Waals surface area contributed by atoms with Crippen LogP contribution in [0.3, 0.4) is 0 Å². The molecule has 0 aliphatic carbocycles. The van der Waals surface area contributed by atoms with Gasteiger partial charge < -0.3 is 5.43 Å². The standard InChI is InChI=1S/C11H17N2/c1-2-3-7-10-12-13-11-8-5-4-6-9-11/h4-6,8-9,12-13H,1-3,7,10H2. The Bertz CT molecular complexity index is 209. The van der Waals surface area contributed by atoms with Crippen LogP contribution in [0, 0.1) is 6.92 Å². The Balaban J connectivity index is 2.07. The molecule has 13 heavy (non-hydrogen) atoms. The average Bonchev–Trinajstić information content (AvgIpc) is 2.19. The molecule has 0 amide bonds. The molecule has 0 heterocycles. The summed E-state index contributed by atoms with van der Waals surface area (Å²) in [4.78, 5) is 0. The molecule has 0 aromatic heterocycles. The van der Waals surface area contributed by atoms with E-state index < -0.39 is 0 Å². The van der Waals surface area contributed by atoms with Gasteiger partial charge in [0.1, 0.15) is 0 Å². The molecule has 0 aliphatic heterocycles. The summed E-state index contributed by atoms with van der Waals surface area (Å²) in [7, 11) is 0. The summed E-state index contributed by atoms with van der Waals surface area (Å²) in [5.74, 6) is 0. The molecule has 0 bridgehead atoms. The van der Waals surface area contributed by atoms with Crippen LogP contribution in [0.4, 0.5) is 5.69 Å². The molecule has 1 aromatic carbocycles. The van der Waals surface area contributed by atoms with Crippen molar-refractivity contribution in [1.82, 2.24) is 5.43 Å². The maximum atomic E-state index is 3.79. The van der Waals surface area contributed by atoms with Gasteiger partial charge in [-0.05, 0) is 18.6 Å². The van der Waals surface area contributed by atoms with E-state index in [2.05, 4.69) is 17.8 Å². The monoisotopic (exact) mass is 177 g/mol. The minimum atomic E-state index is 0.990. The molecule has 0 fully saturated rings. The predicted octanol–water partition coefficient (Wildman–Crippen LogP) is 2.61. The molecule has 2 N–H and O–H groups in total. The van der Waals surface area contributed by atoms with Gasteiger partial charge >= 0.3 is 0 Å². The Hall–Kier alpha value is -1.02. The highest BCUT2D eigenvalue weighted by Gasteiger charge is 1.87. The smallest absolute Gasteiger partial charge is 0.0487 e. The third kappa shape index (κ3) is 4.53. The largest absolute Gasteiger partial charge is 0.322 e. The fourth-order valence-electron chi connectivity index (χ4n) is 1.08. The molecular formula is C11H17N2. The molecule has 2 nitrogen and oxygen atoms in total. The van der Waals surface area contributed by atoms with E-state index >= 15 is 0 Å². The molecule has 71 valence electrons. The number of benzene rings is 1. The van der Waals surface area contributed by atoms with Crippen molar-refractivity contribution in [1.29, 1.82) is 0 Å². The zero-order valence-corrected chi connectivity index (χ0v) is 7.92. The second kappa shape index (κ2) is 6.49. The topological polar surface area (TPSA) is 24.1 Å². The van der Waals surface area contributed by atoms with Crippen molar-refractivity contribution in [2.24, 2.45) is 0 Å². The fourth-order valence-corrected chi connectivity index (χ4v) is 1.08. The molecule has 2 heteroatoms. The first kappa shape index (κ1) is 10.1. The van der Waals surface area contributed by atoms with Crippen molar-refractivity contribution in [2.75, 3.05) is 12.0 Å². The Labute approximate surface area is 80.3 Å². The molecule has 0 unspecified atom stereocenters. The van der Waals surface area contributed by atoms with Gasteiger partial charge in [-0.1, -0.05) is 38.0 Å². The lowest BCUT2D eigenvalue weighted by Crippen LogP contribution is -2.22. The van der Waals surface area contributed by atoms with E-state index in [0.717, 1.165) is 18.7 Å². The fraction of sp³-hybridized carbons (Fsp3) is 0.364. The van der Waals surface area contributed by atoms with Crippen LogP contribution in [0.2, 0.25) is 0 Å². The minimum Gasteiger partial charge on any atom is -0.322 e. The number of anilines is 1. The second-order valence-corrected chi connectivity index (χ2v) is 2.98. The van der Waals surface area contributed by atoms with Gasteiger partial charge in [-0.2, -0.15) is 0 Å². The van der Waals surface area contributed by atoms with Crippen molar-refractivity contribution >= 4 is 5.69 Å². The van der Waals surface area contributed by atoms with Crippen LogP contribution in [-0.4, -0.2) is 6.54 Å². The van der Waals surface area contributed by atoms with Gasteiger partial charge in [-0.15, -0.1) is 0 Å². The number of hydrogen-bond acceptors (Lipinski definition) is 2. The highest BCUT2D eigenvalue weighted by molar-refractivity contribution is 5.41. The highest BCUT2D eigenvalue weighted by Crippen LogP contribution is 2.02. The number of rotatable bonds is 6. The van der Waals surface area contributed by atoms with Gasteiger partial charge in [0, 0.05) is 12.2 Å². The summed E-state index contributed by atoms with van der Waals surface area (Å²) in [6.45, 7) is 4.78. The Morgan fingerprint density at radius 1 is 1.08 bits per heavy atom. The van der Waals surface area contributed by atoms with Gasteiger partial charge in [-0.3, -0.25) is 0 Å². The SMILES string of the molecule is [CH2]CCCCNNc1ccccc1. The lowest BCUT2D eigenvalue weighted by Gasteiger charge is -2.07. The van der Waals surface area contributed by atoms with Crippen molar-refractivity contribution < 1.29 is 0 Å². The predicted molar refractivity (Wildman–Crippen MR) is 57.3 cm³/mol. The van der Waals surface area contributed by atoms with Gasteiger partial charge in [0.25, 0.3) is 0 Å². The van der Waals surface area contributed by atoms with Crippen LogP contribution in [0.5, 0.6) is 0 Å². The number of unbranched alkanes of at least 4 members (excludes halogenated alkanes) is 2. The summed E-state index contributed by atoms with van der Waals surface area (Å²) in [6.07, 6.45) is 3.37. The van der Waals surface area contributed by atoms with Crippen molar-refractivity contribution in [3.63, 3.8) is 0 Å². The van der Waals surface area contributed by atoms with Gasteiger partial charge in [0.2, 0.25) is 0 Å². The Morgan fingerprint density at radius 3 is 2.54 bits per heavy atom. The Morgan fingerprint density at radius 2 is 1.85 bits per heavy atom. The quantitative estimate of drug-likeness (QED) is 0.515. The van der Waals surface area contributed by atoms with Gasteiger partial charge in [0.05, 0.1) is 0 Å². The molecule has 1 aromatic rings. The molecular weight excluding hydrogens is 160 g/mol. The van der Waals surface area contributed by atoms with Crippen molar-refractivity contribution in [3.05, 3.63) is 37.3 Å². The first-order valence-electron chi connectivity index (χ1n) is 4.76. The number of nitrogens with one attached hydrogen (secondary N) is 2. The lowest BCUT2D eigenvalue weighted by molar-refractivity contribution is 0.678. The van der Waals surface area contributed by atoms with Crippen LogP contribution in [0.25, 0.3) is 0 Å². The van der Waals surface area contributed by atoms with E-state index in [1.807, 2.05) is 30.3 Å². The molecule has 1 radical (unpaired) electrons. The highest BCUT2D eigenvalue weighted by atomic mass is 15.3. The maximum absolute atomic E-state index is 3.79. The molecule has 1 rings (SSSR count). The zero-order valence-electron chi connectivity index (χ0n) is 7.92. The molecule has 0 atom stereocenters. The van der Waals surface area contributed by atoms with Crippen molar-refractivity contribution in [2.45, 2.75) is 19.3 Å². The van der Waals surface area contributed by atoms with E-state index in [-0.39, 0.29) is 0 Å². The number of hydrazine groups is 1. The molecule has 0 saturated heterocycles. The second-order valence-electron chi connectivity index (χ2n) is 2.98. The lowest BCUT2D eigenvalue weighted by atomic mass is 10.2. The van der Waals surface area contributed by atoms with Crippen molar-refractivity contribution in [3.8, 4) is 0 Å². The van der Waals surface area contributed by atoms with Crippen LogP contribution in [0.1, 0.15) is 19.3 Å². The summed E-state index contributed by atoms with van der Waals surface area (Å²) in [5, 5.41) is 0. The van der Waals surface area contributed by atoms with Gasteiger partial charge in [-0.25, -0.2) is 5.43 Å². The summed E-state index contributed by atoms with van der Waals surface area (Å²) in [5.41, 5.74) is 7.40. The maximum Gasteiger partial charge on any atom is 0.0487 e. The molecule has 0 saturated carbocycles. The zero-order chi connectivity index (χ0) is 9.36. The van der Waals surface area contributed by atoms with Crippen LogP contribution < -0.4 is 10.9 Å². The first-order chi connectivity index (χ1) is 6.43. The first-order valence-corrected chi connectivity index (χ1v) is 4.76. The number of para-hydroxylation sites is 1. The van der Waals surface area contributed by atoms with E-state index in [4.69, 9.17) is 0 Å². The number of hydrogen-bond donors (Lipinski definition) is 2. The summed E-state index contributed by atoms with van der Waals surface area (Å²) >= 11 is 0. The average molecular weight is 177 g/mol. The van der Waals surface area contributed by atoms with Crippen LogP contribution in [0.15, 0.2) is 30.3 Å². The van der Waals surface area contributed by atoms with E-state index in [1.54, 1.807) is 0 Å². The van der Waals surface area contributed by atoms with E-state index in [1.165, 1.54) is 12.8 Å². The third-order valence-electron chi connectivity index (χ3n) is 1.81. The normalized spacial score (nSPS) is 9.92. The Kier molecular flexibility index (Phi) is 5.02. The van der Waals surface area contributed by atoms with Crippen LogP contribution in [-0.2, 0) is 0 Å². The summed E-state index contributed by atoms with van der Waals surface area (Å²) in [6, 6.07) is 10.1. The van der Waals surface area contributed by atoms with E-state index in [0.29, 0.717) is 0 Å². The summed E-state index contributed by atoms with van der Waals surface area (Å²) < 4.78 is 0. The van der Waals surface area contributed by atoms with Crippen LogP contribution >= 0.6 is 0 Å². The minimum absolute atomic E-state index is 0.990. The molecule has 0 aliphatic rings.